The highest BCUT2D eigenvalue weighted by molar-refractivity contribution is 6.14. The number of benzene rings is 1. The zero-order valence-electron chi connectivity index (χ0n) is 12.8. The number of aliphatic carboxylic acids is 1. The SMILES string of the molecule is COC1=C(c2ccc(OC(F)(F)F)cc2F)NN(C)C(C(=O)O)C1=O. The number of alkyl halides is 3. The molecule has 2 rings (SSSR count). The van der Waals surface area contributed by atoms with Gasteiger partial charge in [0.2, 0.25) is 5.78 Å². The van der Waals surface area contributed by atoms with E-state index in [2.05, 4.69) is 10.2 Å². The number of ketones is 1. The molecule has 1 aliphatic rings. The molecule has 1 aromatic rings. The Labute approximate surface area is 138 Å². The zero-order valence-corrected chi connectivity index (χ0v) is 12.8. The third kappa shape index (κ3) is 3.82. The molecule has 1 atom stereocenters. The molecule has 0 radical (unpaired) electrons. The third-order valence-electron chi connectivity index (χ3n) is 3.26. The number of nitrogens with zero attached hydrogens (tertiary/aromatic N) is 1. The number of hydrogen-bond acceptors (Lipinski definition) is 6. The monoisotopic (exact) mass is 364 g/mol. The minimum absolute atomic E-state index is 0.219. The van der Waals surface area contributed by atoms with Gasteiger partial charge >= 0.3 is 12.3 Å². The fourth-order valence-corrected chi connectivity index (χ4v) is 2.27. The van der Waals surface area contributed by atoms with E-state index in [9.17, 15) is 27.2 Å². The maximum absolute atomic E-state index is 14.2. The highest BCUT2D eigenvalue weighted by Gasteiger charge is 2.40. The number of methoxy groups -OCH3 is 1. The van der Waals surface area contributed by atoms with Gasteiger partial charge in [0.15, 0.2) is 11.8 Å². The van der Waals surface area contributed by atoms with Crippen LogP contribution in [0.1, 0.15) is 5.56 Å². The van der Waals surface area contributed by atoms with Crippen LogP contribution in [0.15, 0.2) is 24.0 Å². The van der Waals surface area contributed by atoms with E-state index in [0.717, 1.165) is 24.3 Å². The standard InChI is InChI=1S/C14H12F4N2O5/c1-20-10(13(22)23)11(21)12(24-2)9(19-20)7-4-3-6(5-8(7)15)25-14(16,17)18/h3-5,10,19H,1-2H3,(H,22,23). The summed E-state index contributed by atoms with van der Waals surface area (Å²) in [7, 11) is 2.32. The van der Waals surface area contributed by atoms with Gasteiger partial charge in [0.25, 0.3) is 0 Å². The van der Waals surface area contributed by atoms with Gasteiger partial charge in [0.1, 0.15) is 17.3 Å². The number of carboxylic acids is 1. The van der Waals surface area contributed by atoms with Gasteiger partial charge < -0.3 is 20.0 Å². The normalized spacial score (nSPS) is 18.8. The number of hydrogen-bond donors (Lipinski definition) is 2. The first kappa shape index (κ1) is 18.5. The van der Waals surface area contributed by atoms with E-state index >= 15 is 0 Å². The van der Waals surface area contributed by atoms with Crippen LogP contribution in [0, 0.1) is 5.82 Å². The van der Waals surface area contributed by atoms with Crippen molar-refractivity contribution < 1.29 is 41.7 Å². The Hall–Kier alpha value is -2.82. The van der Waals surface area contributed by atoms with Crippen molar-refractivity contribution in [2.24, 2.45) is 0 Å². The van der Waals surface area contributed by atoms with E-state index in [4.69, 9.17) is 9.84 Å². The Morgan fingerprint density at radius 1 is 1.36 bits per heavy atom. The zero-order chi connectivity index (χ0) is 18.9. The Bertz CT molecular complexity index is 747. The van der Waals surface area contributed by atoms with Gasteiger partial charge in [-0.2, -0.15) is 0 Å². The Kier molecular flexibility index (Phi) is 4.88. The largest absolute Gasteiger partial charge is 0.573 e. The van der Waals surface area contributed by atoms with Crippen LogP contribution >= 0.6 is 0 Å². The molecule has 25 heavy (non-hydrogen) atoms. The number of carbonyl (C=O) groups excluding carboxylic acids is 1. The van der Waals surface area contributed by atoms with Gasteiger partial charge in [-0.15, -0.1) is 13.2 Å². The van der Waals surface area contributed by atoms with E-state index in [-0.39, 0.29) is 11.3 Å². The minimum atomic E-state index is -4.99. The van der Waals surface area contributed by atoms with Crippen molar-refractivity contribution >= 4 is 17.4 Å². The molecule has 1 aromatic carbocycles. The summed E-state index contributed by atoms with van der Waals surface area (Å²) in [5, 5.41) is 9.99. The van der Waals surface area contributed by atoms with Gasteiger partial charge in [-0.05, 0) is 12.1 Å². The van der Waals surface area contributed by atoms with Gasteiger partial charge in [-0.3, -0.25) is 4.79 Å². The second-order valence-electron chi connectivity index (χ2n) is 4.93. The molecule has 0 spiro atoms. The molecule has 0 fully saturated rings. The second-order valence-corrected chi connectivity index (χ2v) is 4.93. The predicted molar refractivity (Wildman–Crippen MR) is 74.3 cm³/mol. The molecule has 0 saturated carbocycles. The molecule has 0 amide bonds. The summed E-state index contributed by atoms with van der Waals surface area (Å²) < 4.78 is 59.2. The molecule has 2 N–H and O–H groups in total. The summed E-state index contributed by atoms with van der Waals surface area (Å²) in [5.41, 5.74) is 1.97. The molecular weight excluding hydrogens is 352 g/mol. The Balaban J connectivity index is 2.47. The van der Waals surface area contributed by atoms with Crippen molar-refractivity contribution in [3.63, 3.8) is 0 Å². The number of halogens is 4. The summed E-state index contributed by atoms with van der Waals surface area (Å²) in [6.07, 6.45) is -4.99. The lowest BCUT2D eigenvalue weighted by atomic mass is 10.0. The van der Waals surface area contributed by atoms with Crippen LogP contribution in [0.4, 0.5) is 17.6 Å². The van der Waals surface area contributed by atoms with Crippen LogP contribution in [0.5, 0.6) is 5.75 Å². The molecule has 0 aliphatic carbocycles. The van der Waals surface area contributed by atoms with E-state index in [0.29, 0.717) is 6.07 Å². The number of ether oxygens (including phenoxy) is 2. The maximum Gasteiger partial charge on any atom is 0.573 e. The van der Waals surface area contributed by atoms with E-state index < -0.39 is 41.5 Å². The van der Waals surface area contributed by atoms with Crippen molar-refractivity contribution in [3.8, 4) is 5.75 Å². The van der Waals surface area contributed by atoms with Gasteiger partial charge in [-0.25, -0.2) is 14.2 Å². The highest BCUT2D eigenvalue weighted by atomic mass is 19.4. The highest BCUT2D eigenvalue weighted by Crippen LogP contribution is 2.30. The van der Waals surface area contributed by atoms with Crippen LogP contribution in [-0.4, -0.2) is 48.4 Å². The minimum Gasteiger partial charge on any atom is -0.491 e. The second kappa shape index (κ2) is 6.59. The van der Waals surface area contributed by atoms with E-state index in [1.807, 2.05) is 0 Å². The molecule has 0 saturated heterocycles. The first-order valence-corrected chi connectivity index (χ1v) is 6.65. The molecule has 1 heterocycles. The molecular formula is C14H12F4N2O5. The van der Waals surface area contributed by atoms with Crippen LogP contribution in [0.3, 0.4) is 0 Å². The van der Waals surface area contributed by atoms with E-state index in [1.165, 1.54) is 7.05 Å². The van der Waals surface area contributed by atoms with Crippen molar-refractivity contribution in [2.75, 3.05) is 14.2 Å². The number of nitrogens with one attached hydrogen (secondary N) is 1. The van der Waals surface area contributed by atoms with Crippen molar-refractivity contribution in [1.82, 2.24) is 10.4 Å². The summed E-state index contributed by atoms with van der Waals surface area (Å²) in [6.45, 7) is 0. The summed E-state index contributed by atoms with van der Waals surface area (Å²) >= 11 is 0. The fourth-order valence-electron chi connectivity index (χ4n) is 2.27. The smallest absolute Gasteiger partial charge is 0.491 e. The molecule has 0 aromatic heterocycles. The van der Waals surface area contributed by atoms with Crippen LogP contribution < -0.4 is 10.2 Å². The van der Waals surface area contributed by atoms with Crippen molar-refractivity contribution in [3.05, 3.63) is 35.3 Å². The van der Waals surface area contributed by atoms with Crippen molar-refractivity contribution in [1.29, 1.82) is 0 Å². The number of carboxylic acid groups (broad SMARTS) is 1. The average Bonchev–Trinajstić information content (AvgIpc) is 2.44. The number of hydrazine groups is 1. The molecule has 7 nitrogen and oxygen atoms in total. The quantitative estimate of drug-likeness (QED) is 0.619. The van der Waals surface area contributed by atoms with E-state index in [1.54, 1.807) is 0 Å². The predicted octanol–water partition coefficient (Wildman–Crippen LogP) is 1.51. The first-order chi connectivity index (χ1) is 11.5. The molecule has 1 aliphatic heterocycles. The summed E-state index contributed by atoms with van der Waals surface area (Å²) in [4.78, 5) is 23.4. The van der Waals surface area contributed by atoms with Crippen LogP contribution in [-0.2, 0) is 14.3 Å². The summed E-state index contributed by atoms with van der Waals surface area (Å²) in [5.74, 6) is -4.78. The first-order valence-electron chi connectivity index (χ1n) is 6.65. The van der Waals surface area contributed by atoms with Gasteiger partial charge in [0.05, 0.1) is 7.11 Å². The Morgan fingerprint density at radius 3 is 2.48 bits per heavy atom. The number of likely N-dealkylation sites (N-methyl/N-ethyl adjacent to an activating group) is 1. The number of rotatable bonds is 4. The lowest BCUT2D eigenvalue weighted by molar-refractivity contribution is -0.274. The topological polar surface area (TPSA) is 88.1 Å². The van der Waals surface area contributed by atoms with Gasteiger partial charge in [-0.1, -0.05) is 0 Å². The third-order valence-corrected chi connectivity index (χ3v) is 3.26. The van der Waals surface area contributed by atoms with Gasteiger partial charge in [0, 0.05) is 18.7 Å². The van der Waals surface area contributed by atoms with Crippen molar-refractivity contribution in [2.45, 2.75) is 12.4 Å². The summed E-state index contributed by atoms with van der Waals surface area (Å²) in [6, 6.07) is 0.676. The molecule has 0 bridgehead atoms. The van der Waals surface area contributed by atoms with Crippen LogP contribution in [0.2, 0.25) is 0 Å². The molecule has 136 valence electrons. The molecule has 1 unspecified atom stereocenters. The Morgan fingerprint density at radius 2 is 2.00 bits per heavy atom. The van der Waals surface area contributed by atoms with Crippen LogP contribution in [0.25, 0.3) is 5.70 Å². The fraction of sp³-hybridized carbons (Fsp3) is 0.286. The molecule has 11 heteroatoms. The lowest BCUT2D eigenvalue weighted by Crippen LogP contribution is -2.55. The number of Topliss-reactive ketones (excluding diaryl/α,β-unsaturated/α-hetero) is 1. The lowest BCUT2D eigenvalue weighted by Gasteiger charge is -2.32. The average molecular weight is 364 g/mol. The maximum atomic E-state index is 14.2. The number of carbonyl (C=O) groups is 2.